The third-order valence-corrected chi connectivity index (χ3v) is 2.79. The predicted molar refractivity (Wildman–Crippen MR) is 52.0 cm³/mol. The normalized spacial score (nSPS) is 10.4. The molecule has 0 atom stereocenters. The van der Waals surface area contributed by atoms with Crippen LogP contribution in [0.25, 0.3) is 0 Å². The van der Waals surface area contributed by atoms with E-state index in [-0.39, 0.29) is 5.75 Å². The Morgan fingerprint density at radius 1 is 1.55 bits per heavy atom. The third-order valence-electron chi connectivity index (χ3n) is 1.19. The van der Waals surface area contributed by atoms with Gasteiger partial charge in [-0.2, -0.15) is 0 Å². The minimum Gasteiger partial charge on any atom is -0.232 e. The summed E-state index contributed by atoms with van der Waals surface area (Å²) in [6.07, 6.45) is 0. The Balaban J connectivity index is 2.94. The molecule has 0 aliphatic carbocycles. The molecule has 2 nitrogen and oxygen atoms in total. The first kappa shape index (κ1) is 8.99. The van der Waals surface area contributed by atoms with Gasteiger partial charge in [-0.25, -0.2) is 8.42 Å². The molecule has 1 aromatic rings. The molecule has 0 saturated carbocycles. The quantitative estimate of drug-likeness (QED) is 0.653. The molecule has 0 saturated heterocycles. The minimum absolute atomic E-state index is 0.116. The van der Waals surface area contributed by atoms with E-state index >= 15 is 0 Å². The zero-order chi connectivity index (χ0) is 8.27. The van der Waals surface area contributed by atoms with E-state index in [0.717, 1.165) is 9.13 Å². The van der Waals surface area contributed by atoms with E-state index in [4.69, 9.17) is 0 Å². The van der Waals surface area contributed by atoms with Crippen LogP contribution in [0, 0.1) is 9.64 Å². The standard InChI is InChI=1S/C7H6IO2S/c8-7-4-2-1-3-6(7)5-11(9)10/h1-3,11H,5H2. The monoisotopic (exact) mass is 281 g/mol. The van der Waals surface area contributed by atoms with Crippen LogP contribution in [0.4, 0.5) is 0 Å². The van der Waals surface area contributed by atoms with Gasteiger partial charge in [-0.3, -0.25) is 0 Å². The molecule has 0 aromatic heterocycles. The Labute approximate surface area is 80.7 Å². The molecule has 59 valence electrons. The maximum atomic E-state index is 10.3. The highest BCUT2D eigenvalue weighted by molar-refractivity contribution is 14.1. The topological polar surface area (TPSA) is 34.1 Å². The van der Waals surface area contributed by atoms with E-state index in [1.165, 1.54) is 0 Å². The van der Waals surface area contributed by atoms with Crippen molar-refractivity contribution in [3.05, 3.63) is 33.4 Å². The van der Waals surface area contributed by atoms with Gasteiger partial charge in [0.15, 0.2) is 0 Å². The summed E-state index contributed by atoms with van der Waals surface area (Å²) in [7, 11) is -2.32. The Kier molecular flexibility index (Phi) is 3.32. The molecule has 0 aliphatic rings. The van der Waals surface area contributed by atoms with Gasteiger partial charge in [-0.15, -0.1) is 0 Å². The van der Waals surface area contributed by atoms with E-state index < -0.39 is 10.7 Å². The number of hydrogen-bond donors (Lipinski definition) is 1. The number of halogens is 1. The van der Waals surface area contributed by atoms with E-state index in [1.54, 1.807) is 18.2 Å². The van der Waals surface area contributed by atoms with Crippen molar-refractivity contribution in [2.24, 2.45) is 0 Å². The van der Waals surface area contributed by atoms with E-state index in [2.05, 4.69) is 28.7 Å². The fourth-order valence-corrected chi connectivity index (χ4v) is 2.11. The average Bonchev–Trinajstić information content (AvgIpc) is 1.93. The highest BCUT2D eigenvalue weighted by Crippen LogP contribution is 2.10. The summed E-state index contributed by atoms with van der Waals surface area (Å²) >= 11 is 2.07. The molecule has 0 heterocycles. The molecular formula is C7H6IO2S. The lowest BCUT2D eigenvalue weighted by molar-refractivity contribution is 0.614. The first-order valence-electron chi connectivity index (χ1n) is 2.97. The second kappa shape index (κ2) is 4.06. The van der Waals surface area contributed by atoms with Crippen molar-refractivity contribution in [1.82, 2.24) is 0 Å². The Morgan fingerprint density at radius 2 is 2.27 bits per heavy atom. The molecule has 4 heteroatoms. The third kappa shape index (κ3) is 2.78. The summed E-state index contributed by atoms with van der Waals surface area (Å²) in [6.45, 7) is 0. The first-order chi connectivity index (χ1) is 5.20. The lowest BCUT2D eigenvalue weighted by Crippen LogP contribution is -1.89. The Bertz CT molecular complexity index is 312. The molecule has 0 unspecified atom stereocenters. The van der Waals surface area contributed by atoms with Crippen LogP contribution in [-0.4, -0.2) is 8.42 Å². The van der Waals surface area contributed by atoms with Gasteiger partial charge in [0, 0.05) is 3.57 Å². The Morgan fingerprint density at radius 3 is 2.82 bits per heavy atom. The molecule has 1 rings (SSSR count). The summed E-state index contributed by atoms with van der Waals surface area (Å²) in [6, 6.07) is 8.27. The van der Waals surface area contributed by atoms with Crippen LogP contribution in [0.15, 0.2) is 18.2 Å². The van der Waals surface area contributed by atoms with Crippen LogP contribution in [-0.2, 0) is 16.5 Å². The maximum absolute atomic E-state index is 10.3. The van der Waals surface area contributed by atoms with Crippen LogP contribution < -0.4 is 0 Å². The number of rotatable bonds is 2. The van der Waals surface area contributed by atoms with Crippen molar-refractivity contribution in [2.45, 2.75) is 5.75 Å². The van der Waals surface area contributed by atoms with Gasteiger partial charge in [0.2, 0.25) is 0 Å². The van der Waals surface area contributed by atoms with Crippen molar-refractivity contribution in [2.75, 3.05) is 0 Å². The maximum Gasteiger partial charge on any atom is 0.144 e. The van der Waals surface area contributed by atoms with Gasteiger partial charge in [0.05, 0.1) is 5.75 Å². The summed E-state index contributed by atoms with van der Waals surface area (Å²) in [5, 5.41) is 0. The van der Waals surface area contributed by atoms with Crippen LogP contribution in [0.1, 0.15) is 5.56 Å². The van der Waals surface area contributed by atoms with Crippen LogP contribution >= 0.6 is 22.6 Å². The first-order valence-corrected chi connectivity index (χ1v) is 5.41. The zero-order valence-electron chi connectivity index (χ0n) is 5.58. The highest BCUT2D eigenvalue weighted by Gasteiger charge is 1.98. The van der Waals surface area contributed by atoms with E-state index in [0.29, 0.717) is 0 Å². The number of hydrogen-bond acceptors (Lipinski definition) is 2. The molecule has 1 radical (unpaired) electrons. The van der Waals surface area contributed by atoms with Gasteiger partial charge >= 0.3 is 0 Å². The summed E-state index contributed by atoms with van der Waals surface area (Å²) < 4.78 is 21.6. The van der Waals surface area contributed by atoms with Gasteiger partial charge in [-0.05, 0) is 34.2 Å². The predicted octanol–water partition coefficient (Wildman–Crippen LogP) is 1.20. The fourth-order valence-electron chi connectivity index (χ4n) is 0.713. The SMILES string of the molecule is O=[SH](=O)Cc1ccc[c]c1I. The smallest absolute Gasteiger partial charge is 0.144 e. The van der Waals surface area contributed by atoms with Crippen molar-refractivity contribution >= 4 is 33.3 Å². The lowest BCUT2D eigenvalue weighted by Gasteiger charge is -1.96. The molecule has 1 aromatic carbocycles. The van der Waals surface area contributed by atoms with Gasteiger partial charge in [0.25, 0.3) is 0 Å². The average molecular weight is 281 g/mol. The molecule has 0 amide bonds. The summed E-state index contributed by atoms with van der Waals surface area (Å²) in [5.41, 5.74) is 0.823. The van der Waals surface area contributed by atoms with Crippen LogP contribution in [0.3, 0.4) is 0 Å². The van der Waals surface area contributed by atoms with E-state index in [9.17, 15) is 8.42 Å². The van der Waals surface area contributed by atoms with Crippen molar-refractivity contribution < 1.29 is 8.42 Å². The van der Waals surface area contributed by atoms with E-state index in [1.807, 2.05) is 0 Å². The van der Waals surface area contributed by atoms with Gasteiger partial charge in [-0.1, -0.05) is 18.2 Å². The second-order valence-electron chi connectivity index (χ2n) is 2.00. The summed E-state index contributed by atoms with van der Waals surface area (Å²) in [5.74, 6) is 0.116. The van der Waals surface area contributed by atoms with Crippen molar-refractivity contribution in [3.63, 3.8) is 0 Å². The molecular weight excluding hydrogens is 275 g/mol. The number of benzene rings is 1. The molecule has 0 N–H and O–H groups in total. The second-order valence-corrected chi connectivity index (χ2v) is 4.06. The molecule has 0 bridgehead atoms. The molecule has 0 aliphatic heterocycles. The Hall–Kier alpha value is -0.100. The fraction of sp³-hybridized carbons (Fsp3) is 0.143. The molecule has 11 heavy (non-hydrogen) atoms. The summed E-state index contributed by atoms with van der Waals surface area (Å²) in [4.78, 5) is 0. The molecule has 0 fully saturated rings. The van der Waals surface area contributed by atoms with Crippen molar-refractivity contribution in [1.29, 1.82) is 0 Å². The highest BCUT2D eigenvalue weighted by atomic mass is 127. The van der Waals surface area contributed by atoms with Crippen LogP contribution in [0.2, 0.25) is 0 Å². The van der Waals surface area contributed by atoms with Crippen LogP contribution in [0.5, 0.6) is 0 Å². The zero-order valence-corrected chi connectivity index (χ0v) is 8.63. The largest absolute Gasteiger partial charge is 0.232 e. The van der Waals surface area contributed by atoms with Gasteiger partial charge in [0.1, 0.15) is 10.7 Å². The van der Waals surface area contributed by atoms with Gasteiger partial charge < -0.3 is 0 Å². The lowest BCUT2D eigenvalue weighted by atomic mass is 10.2. The number of thiol groups is 1. The molecule has 0 spiro atoms. The minimum atomic E-state index is -2.32. The van der Waals surface area contributed by atoms with Crippen molar-refractivity contribution in [3.8, 4) is 0 Å².